The van der Waals surface area contributed by atoms with E-state index in [0.717, 1.165) is 6.42 Å². The van der Waals surface area contributed by atoms with E-state index in [0.29, 0.717) is 24.9 Å². The summed E-state index contributed by atoms with van der Waals surface area (Å²) in [6.07, 6.45) is 0.979. The summed E-state index contributed by atoms with van der Waals surface area (Å²) in [5.74, 6) is 1.57. The Bertz CT molecular complexity index is 346. The standard InChI is InChI=1S/C11H20N4O/c1-5-6-16-7-8-13-9(11(2,3)4)15-10(12)14-8/h5-7H2,1-4H3,(H2,12,13,14,15). The molecule has 0 atom stereocenters. The van der Waals surface area contributed by atoms with Gasteiger partial charge in [-0.3, -0.25) is 0 Å². The number of ether oxygens (including phenoxy) is 1. The molecule has 1 rings (SSSR count). The molecule has 0 aromatic carbocycles. The van der Waals surface area contributed by atoms with Gasteiger partial charge in [-0.1, -0.05) is 27.7 Å². The van der Waals surface area contributed by atoms with Crippen molar-refractivity contribution in [2.75, 3.05) is 12.3 Å². The van der Waals surface area contributed by atoms with Crippen LogP contribution in [0.25, 0.3) is 0 Å². The van der Waals surface area contributed by atoms with E-state index in [1.807, 2.05) is 20.8 Å². The van der Waals surface area contributed by atoms with E-state index in [9.17, 15) is 0 Å². The van der Waals surface area contributed by atoms with Gasteiger partial charge in [-0.15, -0.1) is 0 Å². The molecule has 1 heterocycles. The van der Waals surface area contributed by atoms with Crippen LogP contribution in [-0.4, -0.2) is 21.6 Å². The second kappa shape index (κ2) is 5.21. The van der Waals surface area contributed by atoms with Crippen molar-refractivity contribution < 1.29 is 4.74 Å². The zero-order valence-electron chi connectivity index (χ0n) is 10.4. The van der Waals surface area contributed by atoms with Gasteiger partial charge < -0.3 is 10.5 Å². The number of nitrogen functional groups attached to an aromatic ring is 1. The molecule has 0 bridgehead atoms. The predicted octanol–water partition coefficient (Wildman–Crippen LogP) is 1.68. The first-order chi connectivity index (χ1) is 7.43. The van der Waals surface area contributed by atoms with Gasteiger partial charge in [0.15, 0.2) is 5.82 Å². The van der Waals surface area contributed by atoms with E-state index >= 15 is 0 Å². The summed E-state index contributed by atoms with van der Waals surface area (Å²) in [6, 6.07) is 0. The fourth-order valence-electron chi connectivity index (χ4n) is 1.15. The van der Waals surface area contributed by atoms with E-state index in [1.165, 1.54) is 0 Å². The Kier molecular flexibility index (Phi) is 4.18. The number of rotatable bonds is 4. The van der Waals surface area contributed by atoms with Gasteiger partial charge in [0.05, 0.1) is 0 Å². The summed E-state index contributed by atoms with van der Waals surface area (Å²) in [7, 11) is 0. The van der Waals surface area contributed by atoms with Gasteiger partial charge in [-0.2, -0.15) is 9.97 Å². The summed E-state index contributed by atoms with van der Waals surface area (Å²) in [4.78, 5) is 12.5. The molecule has 0 saturated heterocycles. The Morgan fingerprint density at radius 3 is 2.44 bits per heavy atom. The van der Waals surface area contributed by atoms with Crippen LogP contribution in [0.15, 0.2) is 0 Å². The fourth-order valence-corrected chi connectivity index (χ4v) is 1.15. The van der Waals surface area contributed by atoms with Crippen molar-refractivity contribution in [2.45, 2.75) is 46.1 Å². The fraction of sp³-hybridized carbons (Fsp3) is 0.727. The summed E-state index contributed by atoms with van der Waals surface area (Å²) in [5.41, 5.74) is 5.51. The molecule has 0 aliphatic carbocycles. The highest BCUT2D eigenvalue weighted by molar-refractivity contribution is 5.18. The van der Waals surface area contributed by atoms with Gasteiger partial charge >= 0.3 is 0 Å². The van der Waals surface area contributed by atoms with Crippen LogP contribution in [-0.2, 0) is 16.8 Å². The van der Waals surface area contributed by atoms with E-state index < -0.39 is 0 Å². The second-order valence-corrected chi connectivity index (χ2v) is 4.74. The van der Waals surface area contributed by atoms with Crippen LogP contribution in [0.1, 0.15) is 45.8 Å². The molecule has 5 nitrogen and oxygen atoms in total. The molecule has 16 heavy (non-hydrogen) atoms. The molecule has 0 fully saturated rings. The van der Waals surface area contributed by atoms with Crippen LogP contribution in [0.2, 0.25) is 0 Å². The minimum absolute atomic E-state index is 0.128. The third-order valence-corrected chi connectivity index (χ3v) is 1.95. The molecular formula is C11H20N4O. The number of hydrogen-bond acceptors (Lipinski definition) is 5. The van der Waals surface area contributed by atoms with Crippen molar-refractivity contribution in [2.24, 2.45) is 0 Å². The lowest BCUT2D eigenvalue weighted by Gasteiger charge is -2.17. The van der Waals surface area contributed by atoms with E-state index in [2.05, 4.69) is 21.9 Å². The molecule has 5 heteroatoms. The Hall–Kier alpha value is -1.23. The summed E-state index contributed by atoms with van der Waals surface area (Å²) >= 11 is 0. The Balaban J connectivity index is 2.82. The van der Waals surface area contributed by atoms with Gasteiger partial charge in [0, 0.05) is 12.0 Å². The molecular weight excluding hydrogens is 204 g/mol. The number of nitrogens with zero attached hydrogens (tertiary/aromatic N) is 3. The first kappa shape index (κ1) is 12.8. The lowest BCUT2D eigenvalue weighted by molar-refractivity contribution is 0.115. The van der Waals surface area contributed by atoms with Gasteiger partial charge in [0.2, 0.25) is 5.95 Å². The molecule has 0 saturated carbocycles. The van der Waals surface area contributed by atoms with Crippen molar-refractivity contribution >= 4 is 5.95 Å². The topological polar surface area (TPSA) is 73.9 Å². The Morgan fingerprint density at radius 2 is 1.88 bits per heavy atom. The number of nitrogens with two attached hydrogens (primary N) is 1. The largest absolute Gasteiger partial charge is 0.373 e. The third kappa shape index (κ3) is 3.73. The molecule has 0 amide bonds. The maximum Gasteiger partial charge on any atom is 0.223 e. The van der Waals surface area contributed by atoms with Crippen LogP contribution in [0.3, 0.4) is 0 Å². The molecule has 1 aromatic heterocycles. The van der Waals surface area contributed by atoms with Gasteiger partial charge in [0.25, 0.3) is 0 Å². The van der Waals surface area contributed by atoms with Crippen LogP contribution in [0, 0.1) is 0 Å². The smallest absolute Gasteiger partial charge is 0.223 e. The maximum absolute atomic E-state index is 5.64. The average molecular weight is 224 g/mol. The van der Waals surface area contributed by atoms with Crippen molar-refractivity contribution in [3.05, 3.63) is 11.6 Å². The van der Waals surface area contributed by atoms with Crippen LogP contribution < -0.4 is 5.73 Å². The van der Waals surface area contributed by atoms with Gasteiger partial charge in [0.1, 0.15) is 12.4 Å². The number of anilines is 1. The van der Waals surface area contributed by atoms with Crippen molar-refractivity contribution in [3.63, 3.8) is 0 Å². The SMILES string of the molecule is CCCOCc1nc(N)nc(C(C)(C)C)n1. The summed E-state index contributed by atoms with van der Waals surface area (Å²) in [5, 5.41) is 0. The first-order valence-corrected chi connectivity index (χ1v) is 5.52. The lowest BCUT2D eigenvalue weighted by Crippen LogP contribution is -2.19. The third-order valence-electron chi connectivity index (χ3n) is 1.95. The minimum Gasteiger partial charge on any atom is -0.373 e. The molecule has 0 spiro atoms. The molecule has 0 unspecified atom stereocenters. The summed E-state index contributed by atoms with van der Waals surface area (Å²) < 4.78 is 5.38. The van der Waals surface area contributed by atoms with Crippen LogP contribution in [0.5, 0.6) is 0 Å². The quantitative estimate of drug-likeness (QED) is 0.787. The molecule has 0 aliphatic heterocycles. The lowest BCUT2D eigenvalue weighted by atomic mass is 9.96. The summed E-state index contributed by atoms with van der Waals surface area (Å²) in [6.45, 7) is 9.28. The normalized spacial score (nSPS) is 11.8. The van der Waals surface area contributed by atoms with Crippen molar-refractivity contribution in [1.82, 2.24) is 15.0 Å². The second-order valence-electron chi connectivity index (χ2n) is 4.74. The molecule has 2 N–H and O–H groups in total. The van der Waals surface area contributed by atoms with E-state index in [4.69, 9.17) is 10.5 Å². The van der Waals surface area contributed by atoms with E-state index in [-0.39, 0.29) is 11.4 Å². The Morgan fingerprint density at radius 1 is 1.19 bits per heavy atom. The first-order valence-electron chi connectivity index (χ1n) is 5.52. The Labute approximate surface area is 96.5 Å². The minimum atomic E-state index is -0.128. The van der Waals surface area contributed by atoms with Crippen molar-refractivity contribution in [1.29, 1.82) is 0 Å². The van der Waals surface area contributed by atoms with Crippen LogP contribution in [0.4, 0.5) is 5.95 Å². The highest BCUT2D eigenvalue weighted by Gasteiger charge is 2.19. The zero-order valence-corrected chi connectivity index (χ0v) is 10.4. The van der Waals surface area contributed by atoms with Crippen LogP contribution >= 0.6 is 0 Å². The van der Waals surface area contributed by atoms with Gasteiger partial charge in [-0.05, 0) is 6.42 Å². The molecule has 0 radical (unpaired) electrons. The highest BCUT2D eigenvalue weighted by Crippen LogP contribution is 2.18. The highest BCUT2D eigenvalue weighted by atomic mass is 16.5. The number of hydrogen-bond donors (Lipinski definition) is 1. The maximum atomic E-state index is 5.64. The average Bonchev–Trinajstić information content (AvgIpc) is 2.16. The van der Waals surface area contributed by atoms with Gasteiger partial charge in [-0.25, -0.2) is 4.98 Å². The van der Waals surface area contributed by atoms with E-state index in [1.54, 1.807) is 0 Å². The molecule has 1 aromatic rings. The zero-order chi connectivity index (χ0) is 12.2. The molecule has 90 valence electrons. The molecule has 0 aliphatic rings. The predicted molar refractivity (Wildman–Crippen MR) is 62.9 cm³/mol. The monoisotopic (exact) mass is 224 g/mol. The number of aromatic nitrogens is 3. The van der Waals surface area contributed by atoms with Crippen molar-refractivity contribution in [3.8, 4) is 0 Å².